The van der Waals surface area contributed by atoms with Crippen molar-refractivity contribution in [2.75, 3.05) is 19.5 Å². The average Bonchev–Trinajstić information content (AvgIpc) is 3.38. The molecule has 30 heavy (non-hydrogen) atoms. The summed E-state index contributed by atoms with van der Waals surface area (Å²) in [5, 5.41) is 17.7. The lowest BCUT2D eigenvalue weighted by Crippen LogP contribution is -2.29. The van der Waals surface area contributed by atoms with Crippen molar-refractivity contribution >= 4 is 50.4 Å². The number of rotatable bonds is 6. The minimum absolute atomic E-state index is 0. The molecule has 0 amide bonds. The van der Waals surface area contributed by atoms with E-state index in [-0.39, 0.29) is 22.9 Å². The number of para-hydroxylation sites is 1. The predicted octanol–water partition coefficient (Wildman–Crippen LogP) is 5.29. The number of halogens is 1. The summed E-state index contributed by atoms with van der Waals surface area (Å²) in [5.41, 5.74) is 2.39. The number of benzene rings is 2. The third-order valence-electron chi connectivity index (χ3n) is 4.39. The lowest BCUT2D eigenvalue weighted by atomic mass is 10.1. The number of guanidine groups is 1. The molecule has 0 atom stereocenters. The number of hydrogen-bond donors (Lipinski definition) is 3. The van der Waals surface area contributed by atoms with Crippen LogP contribution in [0.4, 0.5) is 5.13 Å². The number of nitrogens with zero attached hydrogens (tertiary/aromatic N) is 1. The van der Waals surface area contributed by atoms with Gasteiger partial charge in [-0.15, -0.1) is 28.3 Å². The summed E-state index contributed by atoms with van der Waals surface area (Å²) >= 11 is 1.41. The largest absolute Gasteiger partial charge is 0.496 e. The monoisotopic (exact) mass is 488 g/mol. The van der Waals surface area contributed by atoms with Crippen molar-refractivity contribution in [1.82, 2.24) is 10.3 Å². The summed E-state index contributed by atoms with van der Waals surface area (Å²) in [6.45, 7) is 0.376. The van der Waals surface area contributed by atoms with Gasteiger partial charge in [0.15, 0.2) is 16.9 Å². The van der Waals surface area contributed by atoms with Gasteiger partial charge in [-0.3, -0.25) is 5.41 Å². The molecule has 0 aliphatic rings. The van der Waals surface area contributed by atoms with Gasteiger partial charge in [0.05, 0.1) is 26.3 Å². The van der Waals surface area contributed by atoms with Crippen LogP contribution in [-0.2, 0) is 6.54 Å². The molecule has 0 saturated carbocycles. The first-order chi connectivity index (χ1) is 14.2. The number of hydrogen-bond acceptors (Lipinski definition) is 6. The molecule has 9 heteroatoms. The molecule has 3 N–H and O–H groups in total. The highest BCUT2D eigenvalue weighted by Gasteiger charge is 2.13. The van der Waals surface area contributed by atoms with E-state index in [2.05, 4.69) is 15.6 Å². The van der Waals surface area contributed by atoms with E-state index >= 15 is 0 Å². The van der Waals surface area contributed by atoms with Gasteiger partial charge in [0, 0.05) is 10.8 Å². The zero-order chi connectivity index (χ0) is 20.2. The number of fused-ring (bicyclic) bond motifs is 1. The van der Waals surface area contributed by atoms with E-state index in [0.29, 0.717) is 28.9 Å². The SMILES string of the molecule is Br.COc1cccc(OC)c1CNC(=N)Nc1nc(-c2cc3ccccc3o2)cs1. The van der Waals surface area contributed by atoms with E-state index in [4.69, 9.17) is 19.3 Å². The molecule has 0 spiro atoms. The number of furan rings is 1. The molecular weight excluding hydrogens is 468 g/mol. The van der Waals surface area contributed by atoms with Gasteiger partial charge in [0.2, 0.25) is 0 Å². The van der Waals surface area contributed by atoms with Crippen LogP contribution >= 0.6 is 28.3 Å². The maximum atomic E-state index is 8.17. The number of ether oxygens (including phenoxy) is 2. The van der Waals surface area contributed by atoms with Gasteiger partial charge in [-0.25, -0.2) is 4.98 Å². The van der Waals surface area contributed by atoms with Gasteiger partial charge >= 0.3 is 0 Å². The van der Waals surface area contributed by atoms with E-state index in [0.717, 1.165) is 22.2 Å². The van der Waals surface area contributed by atoms with Gasteiger partial charge in [-0.2, -0.15) is 0 Å². The summed E-state index contributed by atoms with van der Waals surface area (Å²) < 4.78 is 16.6. The number of nitrogens with one attached hydrogen (secondary N) is 3. The number of aromatic nitrogens is 1. The number of thiazole rings is 1. The van der Waals surface area contributed by atoms with Crippen molar-refractivity contribution in [3.8, 4) is 23.0 Å². The second-order valence-corrected chi connectivity index (χ2v) is 7.04. The van der Waals surface area contributed by atoms with Crippen LogP contribution in [0, 0.1) is 5.41 Å². The predicted molar refractivity (Wildman–Crippen MR) is 125 cm³/mol. The molecule has 0 bridgehead atoms. The topological polar surface area (TPSA) is 92.4 Å². The van der Waals surface area contributed by atoms with E-state index in [1.54, 1.807) is 14.2 Å². The Bertz CT molecular complexity index is 1100. The van der Waals surface area contributed by atoms with Crippen LogP contribution in [0.1, 0.15) is 5.56 Å². The third-order valence-corrected chi connectivity index (χ3v) is 5.14. The Balaban J connectivity index is 0.00000256. The van der Waals surface area contributed by atoms with Crippen LogP contribution in [0.2, 0.25) is 0 Å². The molecule has 2 heterocycles. The normalized spacial score (nSPS) is 10.3. The molecule has 0 radical (unpaired) electrons. The Labute approximate surface area is 188 Å². The Morgan fingerprint density at radius 2 is 1.83 bits per heavy atom. The molecule has 156 valence electrons. The summed E-state index contributed by atoms with van der Waals surface area (Å²) in [6, 6.07) is 15.4. The van der Waals surface area contributed by atoms with Crippen LogP contribution in [-0.4, -0.2) is 25.2 Å². The minimum atomic E-state index is 0. The number of methoxy groups -OCH3 is 2. The van der Waals surface area contributed by atoms with Gasteiger partial charge < -0.3 is 24.5 Å². The molecule has 4 rings (SSSR count). The van der Waals surface area contributed by atoms with Gasteiger partial charge in [-0.05, 0) is 24.3 Å². The van der Waals surface area contributed by atoms with Gasteiger partial charge in [-0.1, -0.05) is 24.3 Å². The highest BCUT2D eigenvalue weighted by Crippen LogP contribution is 2.30. The van der Waals surface area contributed by atoms with Crippen molar-refractivity contribution in [1.29, 1.82) is 5.41 Å². The first-order valence-electron chi connectivity index (χ1n) is 8.91. The van der Waals surface area contributed by atoms with E-state index in [1.807, 2.05) is 53.9 Å². The fraction of sp³-hybridized carbons (Fsp3) is 0.143. The lowest BCUT2D eigenvalue weighted by molar-refractivity contribution is 0.384. The smallest absolute Gasteiger partial charge is 0.195 e. The van der Waals surface area contributed by atoms with Crippen LogP contribution in [0.3, 0.4) is 0 Å². The molecule has 0 aliphatic heterocycles. The van der Waals surface area contributed by atoms with Crippen LogP contribution in [0.15, 0.2) is 58.3 Å². The molecule has 0 saturated heterocycles. The Morgan fingerprint density at radius 3 is 2.53 bits per heavy atom. The minimum Gasteiger partial charge on any atom is -0.496 e. The second kappa shape index (κ2) is 9.64. The lowest BCUT2D eigenvalue weighted by Gasteiger charge is -2.14. The Morgan fingerprint density at radius 1 is 1.10 bits per heavy atom. The zero-order valence-corrected chi connectivity index (χ0v) is 18.9. The molecule has 0 fully saturated rings. The van der Waals surface area contributed by atoms with Crippen LogP contribution < -0.4 is 20.1 Å². The average molecular weight is 489 g/mol. The van der Waals surface area contributed by atoms with Crippen molar-refractivity contribution in [3.05, 3.63) is 59.5 Å². The van der Waals surface area contributed by atoms with Gasteiger partial charge in [0.1, 0.15) is 22.8 Å². The summed E-state index contributed by atoms with van der Waals surface area (Å²) in [6.07, 6.45) is 0. The standard InChI is InChI=1S/C21H20N4O3S.BrH/c1-26-17-8-5-9-18(27-2)14(17)11-23-20(22)25-21-24-15(12-29-21)19-10-13-6-3-4-7-16(13)28-19;/h3-10,12H,11H2,1-2H3,(H3,22,23,24,25);1H. The summed E-state index contributed by atoms with van der Waals surface area (Å²) in [7, 11) is 3.22. The first-order valence-corrected chi connectivity index (χ1v) is 9.79. The van der Waals surface area contributed by atoms with Crippen molar-refractivity contribution in [2.45, 2.75) is 6.54 Å². The molecule has 7 nitrogen and oxygen atoms in total. The first kappa shape index (κ1) is 21.7. The molecule has 2 aromatic carbocycles. The fourth-order valence-electron chi connectivity index (χ4n) is 2.98. The maximum absolute atomic E-state index is 8.17. The fourth-order valence-corrected chi connectivity index (χ4v) is 3.69. The van der Waals surface area contributed by atoms with E-state index in [1.165, 1.54) is 11.3 Å². The van der Waals surface area contributed by atoms with Crippen LogP contribution in [0.25, 0.3) is 22.4 Å². The third kappa shape index (κ3) is 4.58. The quantitative estimate of drug-likeness (QED) is 0.252. The van der Waals surface area contributed by atoms with Crippen molar-refractivity contribution < 1.29 is 13.9 Å². The second-order valence-electron chi connectivity index (χ2n) is 6.18. The summed E-state index contributed by atoms with van der Waals surface area (Å²) in [4.78, 5) is 4.52. The molecule has 0 aliphatic carbocycles. The van der Waals surface area contributed by atoms with Crippen molar-refractivity contribution in [2.24, 2.45) is 0 Å². The maximum Gasteiger partial charge on any atom is 0.195 e. The van der Waals surface area contributed by atoms with E-state index in [9.17, 15) is 0 Å². The highest BCUT2D eigenvalue weighted by molar-refractivity contribution is 8.93. The number of anilines is 1. The molecule has 2 aromatic heterocycles. The molecule has 4 aromatic rings. The van der Waals surface area contributed by atoms with Crippen molar-refractivity contribution in [3.63, 3.8) is 0 Å². The highest BCUT2D eigenvalue weighted by atomic mass is 79.9. The van der Waals surface area contributed by atoms with E-state index < -0.39 is 0 Å². The molecular formula is C21H21BrN4O3S. The Hall–Kier alpha value is -3.04. The summed E-state index contributed by atoms with van der Waals surface area (Å²) in [5.74, 6) is 2.23. The van der Waals surface area contributed by atoms with Gasteiger partial charge in [0.25, 0.3) is 0 Å². The van der Waals surface area contributed by atoms with Crippen LogP contribution in [0.5, 0.6) is 11.5 Å². The zero-order valence-electron chi connectivity index (χ0n) is 16.4. The Kier molecular flexibility index (Phi) is 6.96. The molecule has 0 unspecified atom stereocenters.